The summed E-state index contributed by atoms with van der Waals surface area (Å²) < 4.78 is 12.2. The molecule has 1 atom stereocenters. The van der Waals surface area contributed by atoms with Gasteiger partial charge in [0.15, 0.2) is 6.10 Å². The fourth-order valence-electron chi connectivity index (χ4n) is 2.67. The molecule has 132 valence electrons. The average Bonchev–Trinajstić information content (AvgIpc) is 3.10. The Morgan fingerprint density at radius 2 is 1.96 bits per heavy atom. The van der Waals surface area contributed by atoms with Gasteiger partial charge in [-0.05, 0) is 19.1 Å². The second-order valence-electron chi connectivity index (χ2n) is 5.88. The van der Waals surface area contributed by atoms with Crippen LogP contribution in [-0.2, 0) is 25.5 Å². The first-order valence-electron chi connectivity index (χ1n) is 8.28. The van der Waals surface area contributed by atoms with Crippen LogP contribution in [0.3, 0.4) is 0 Å². The number of benzene rings is 1. The van der Waals surface area contributed by atoms with E-state index in [-0.39, 0.29) is 12.3 Å². The van der Waals surface area contributed by atoms with Crippen LogP contribution in [0.5, 0.6) is 0 Å². The van der Waals surface area contributed by atoms with E-state index in [1.165, 1.54) is 0 Å². The van der Waals surface area contributed by atoms with E-state index in [4.69, 9.17) is 9.47 Å². The van der Waals surface area contributed by atoms with Gasteiger partial charge in [0.05, 0.1) is 31.5 Å². The van der Waals surface area contributed by atoms with Crippen molar-refractivity contribution in [2.45, 2.75) is 19.4 Å². The standard InChI is InChI=1S/C18H21N3O4/c1-14(18(23)20-7-9-24-10-8-20)25-17(22)11-15-12-19-21(13-15)16-5-3-2-4-6-16/h2-6,12-14H,7-11H2,1H3. The Labute approximate surface area is 146 Å². The normalized spacial score (nSPS) is 15.6. The van der Waals surface area contributed by atoms with E-state index in [2.05, 4.69) is 5.10 Å². The number of carbonyl (C=O) groups is 2. The van der Waals surface area contributed by atoms with E-state index in [9.17, 15) is 9.59 Å². The first-order chi connectivity index (χ1) is 12.1. The lowest BCUT2D eigenvalue weighted by atomic mass is 10.2. The number of nitrogens with zero attached hydrogens (tertiary/aromatic N) is 3. The molecular formula is C18H21N3O4. The molecule has 1 unspecified atom stereocenters. The molecule has 0 N–H and O–H groups in total. The van der Waals surface area contributed by atoms with Gasteiger partial charge >= 0.3 is 5.97 Å². The van der Waals surface area contributed by atoms with Crippen LogP contribution in [-0.4, -0.2) is 59.0 Å². The Bertz CT molecular complexity index is 723. The minimum Gasteiger partial charge on any atom is -0.452 e. The summed E-state index contributed by atoms with van der Waals surface area (Å²) in [6.07, 6.45) is 2.69. The van der Waals surface area contributed by atoms with Crippen LogP contribution >= 0.6 is 0 Å². The zero-order valence-electron chi connectivity index (χ0n) is 14.1. The molecule has 2 heterocycles. The number of rotatable bonds is 5. The van der Waals surface area contributed by atoms with Gasteiger partial charge in [0.1, 0.15) is 0 Å². The number of hydrogen-bond donors (Lipinski definition) is 0. The van der Waals surface area contributed by atoms with E-state index in [1.807, 2.05) is 30.3 Å². The molecule has 0 bridgehead atoms. The summed E-state index contributed by atoms with van der Waals surface area (Å²) in [6, 6.07) is 9.63. The molecule has 1 aliphatic heterocycles. The van der Waals surface area contributed by atoms with Crippen molar-refractivity contribution in [3.8, 4) is 5.69 Å². The predicted octanol–water partition coefficient (Wildman–Crippen LogP) is 1.21. The largest absolute Gasteiger partial charge is 0.452 e. The third kappa shape index (κ3) is 4.45. The van der Waals surface area contributed by atoms with Crippen molar-refractivity contribution >= 4 is 11.9 Å². The van der Waals surface area contributed by atoms with Crippen molar-refractivity contribution in [1.29, 1.82) is 0 Å². The lowest BCUT2D eigenvalue weighted by Gasteiger charge is -2.28. The highest BCUT2D eigenvalue weighted by atomic mass is 16.5. The van der Waals surface area contributed by atoms with E-state index in [1.54, 1.807) is 28.9 Å². The molecule has 1 aromatic heterocycles. The molecule has 7 heteroatoms. The molecule has 0 radical (unpaired) electrons. The van der Waals surface area contributed by atoms with Crippen molar-refractivity contribution in [3.05, 3.63) is 48.3 Å². The maximum absolute atomic E-state index is 12.3. The predicted molar refractivity (Wildman–Crippen MR) is 90.2 cm³/mol. The first kappa shape index (κ1) is 17.2. The monoisotopic (exact) mass is 343 g/mol. The molecule has 2 aromatic rings. The molecule has 7 nitrogen and oxygen atoms in total. The van der Waals surface area contributed by atoms with Gasteiger partial charge in [-0.2, -0.15) is 5.10 Å². The summed E-state index contributed by atoms with van der Waals surface area (Å²) in [4.78, 5) is 26.0. The molecule has 0 saturated carbocycles. The molecule has 1 fully saturated rings. The Morgan fingerprint density at radius 1 is 1.24 bits per heavy atom. The molecular weight excluding hydrogens is 322 g/mol. The van der Waals surface area contributed by atoms with Crippen LogP contribution in [0.15, 0.2) is 42.7 Å². The van der Waals surface area contributed by atoms with Crippen molar-refractivity contribution in [2.24, 2.45) is 0 Å². The maximum atomic E-state index is 12.3. The highest BCUT2D eigenvalue weighted by Crippen LogP contribution is 2.10. The second-order valence-corrected chi connectivity index (χ2v) is 5.88. The Hall–Kier alpha value is -2.67. The van der Waals surface area contributed by atoms with Gasteiger partial charge in [0.25, 0.3) is 5.91 Å². The Morgan fingerprint density at radius 3 is 2.68 bits per heavy atom. The van der Waals surface area contributed by atoms with Gasteiger partial charge in [-0.15, -0.1) is 0 Å². The summed E-state index contributed by atoms with van der Waals surface area (Å²) in [6.45, 7) is 3.70. The number of hydrogen-bond acceptors (Lipinski definition) is 5. The molecule has 25 heavy (non-hydrogen) atoms. The third-order valence-corrected chi connectivity index (χ3v) is 3.98. The highest BCUT2D eigenvalue weighted by Gasteiger charge is 2.25. The van der Waals surface area contributed by atoms with Crippen molar-refractivity contribution < 1.29 is 19.1 Å². The number of esters is 1. The summed E-state index contributed by atoms with van der Waals surface area (Å²) >= 11 is 0. The topological polar surface area (TPSA) is 73.7 Å². The summed E-state index contributed by atoms with van der Waals surface area (Å²) in [7, 11) is 0. The molecule has 1 aromatic carbocycles. The van der Waals surface area contributed by atoms with Gasteiger partial charge in [-0.1, -0.05) is 18.2 Å². The molecule has 1 saturated heterocycles. The van der Waals surface area contributed by atoms with Crippen molar-refractivity contribution in [3.63, 3.8) is 0 Å². The molecule has 1 amide bonds. The fraction of sp³-hybridized carbons (Fsp3) is 0.389. The minimum atomic E-state index is -0.797. The second kappa shape index (κ2) is 7.94. The number of amides is 1. The van der Waals surface area contributed by atoms with Crippen LogP contribution in [0.1, 0.15) is 12.5 Å². The fourth-order valence-corrected chi connectivity index (χ4v) is 2.67. The summed E-state index contributed by atoms with van der Waals surface area (Å²) in [5.74, 6) is -0.627. The van der Waals surface area contributed by atoms with Crippen molar-refractivity contribution in [1.82, 2.24) is 14.7 Å². The van der Waals surface area contributed by atoms with Gasteiger partial charge in [-0.25, -0.2) is 4.68 Å². The number of aromatic nitrogens is 2. The summed E-state index contributed by atoms with van der Waals surface area (Å²) in [5, 5.41) is 4.25. The van der Waals surface area contributed by atoms with Crippen LogP contribution in [0, 0.1) is 0 Å². The SMILES string of the molecule is CC(OC(=O)Cc1cnn(-c2ccccc2)c1)C(=O)N1CCOCC1. The van der Waals surface area contributed by atoms with Gasteiger partial charge in [0.2, 0.25) is 0 Å². The maximum Gasteiger partial charge on any atom is 0.311 e. The Balaban J connectivity index is 1.54. The number of morpholine rings is 1. The van der Waals surface area contributed by atoms with Gasteiger partial charge < -0.3 is 14.4 Å². The quantitative estimate of drug-likeness (QED) is 0.763. The molecule has 1 aliphatic rings. The smallest absolute Gasteiger partial charge is 0.311 e. The molecule has 0 spiro atoms. The Kier molecular flexibility index (Phi) is 5.45. The van der Waals surface area contributed by atoms with E-state index in [0.717, 1.165) is 11.3 Å². The van der Waals surface area contributed by atoms with E-state index in [0.29, 0.717) is 26.3 Å². The lowest BCUT2D eigenvalue weighted by Crippen LogP contribution is -2.46. The van der Waals surface area contributed by atoms with Crippen LogP contribution in [0.25, 0.3) is 5.69 Å². The third-order valence-electron chi connectivity index (χ3n) is 3.98. The minimum absolute atomic E-state index is 0.0769. The molecule has 3 rings (SSSR count). The van der Waals surface area contributed by atoms with Gasteiger partial charge in [0, 0.05) is 24.8 Å². The van der Waals surface area contributed by atoms with E-state index >= 15 is 0 Å². The van der Waals surface area contributed by atoms with Gasteiger partial charge in [-0.3, -0.25) is 9.59 Å². The van der Waals surface area contributed by atoms with E-state index < -0.39 is 12.1 Å². The average molecular weight is 343 g/mol. The number of ether oxygens (including phenoxy) is 2. The first-order valence-corrected chi connectivity index (χ1v) is 8.28. The van der Waals surface area contributed by atoms with Crippen molar-refractivity contribution in [2.75, 3.05) is 26.3 Å². The van der Waals surface area contributed by atoms with Crippen LogP contribution in [0.4, 0.5) is 0 Å². The highest BCUT2D eigenvalue weighted by molar-refractivity contribution is 5.84. The zero-order valence-corrected chi connectivity index (χ0v) is 14.1. The molecule has 0 aliphatic carbocycles. The summed E-state index contributed by atoms with van der Waals surface area (Å²) in [5.41, 5.74) is 1.65. The lowest BCUT2D eigenvalue weighted by molar-refractivity contribution is -0.160. The van der Waals surface area contributed by atoms with Crippen LogP contribution < -0.4 is 0 Å². The van der Waals surface area contributed by atoms with Crippen LogP contribution in [0.2, 0.25) is 0 Å². The number of carbonyl (C=O) groups excluding carboxylic acids is 2. The number of para-hydroxylation sites is 1. The zero-order chi connectivity index (χ0) is 17.6.